The lowest BCUT2D eigenvalue weighted by Gasteiger charge is -2.24. The number of rotatable bonds is 1. The lowest BCUT2D eigenvalue weighted by Crippen LogP contribution is -2.44. The lowest BCUT2D eigenvalue weighted by molar-refractivity contribution is -0.133. The molecule has 0 saturated carbocycles. The van der Waals surface area contributed by atoms with Gasteiger partial charge in [0.15, 0.2) is 0 Å². The maximum Gasteiger partial charge on any atom is 0.245 e. The number of carbonyl (C=O) groups excluding carboxylic acids is 2. The van der Waals surface area contributed by atoms with Crippen molar-refractivity contribution in [3.05, 3.63) is 29.8 Å². The molecule has 0 bridgehead atoms. The third-order valence-corrected chi connectivity index (χ3v) is 4.32. The van der Waals surface area contributed by atoms with E-state index in [9.17, 15) is 9.59 Å². The zero-order chi connectivity index (χ0) is 14.8. The summed E-state index contributed by atoms with van der Waals surface area (Å²) in [5, 5.41) is 3.31. The van der Waals surface area contributed by atoms with E-state index in [1.54, 1.807) is 6.92 Å². The Morgan fingerprint density at radius 2 is 1.81 bits per heavy atom. The van der Waals surface area contributed by atoms with E-state index in [1.807, 2.05) is 28.0 Å². The Balaban J connectivity index is 1.63. The summed E-state index contributed by atoms with van der Waals surface area (Å²) in [6.45, 7) is 4.34. The summed E-state index contributed by atoms with van der Waals surface area (Å²) in [5.41, 5.74) is 2.27. The predicted octanol–water partition coefficient (Wildman–Crippen LogP) is 1.10. The molecule has 2 heterocycles. The maximum atomic E-state index is 12.7. The first-order valence-corrected chi connectivity index (χ1v) is 7.54. The van der Waals surface area contributed by atoms with Crippen molar-refractivity contribution in [2.45, 2.75) is 25.8 Å². The fraction of sp³-hybridized carbons (Fsp3) is 0.500. The number of benzene rings is 1. The van der Waals surface area contributed by atoms with E-state index in [1.165, 1.54) is 5.56 Å². The van der Waals surface area contributed by atoms with Gasteiger partial charge in [0.2, 0.25) is 11.8 Å². The van der Waals surface area contributed by atoms with Crippen LogP contribution in [0, 0.1) is 0 Å². The Morgan fingerprint density at radius 1 is 1.10 bits per heavy atom. The Bertz CT molecular complexity index is 533. The second kappa shape index (κ2) is 5.76. The molecule has 112 valence electrons. The van der Waals surface area contributed by atoms with Crippen molar-refractivity contribution in [1.29, 1.82) is 0 Å². The van der Waals surface area contributed by atoms with Gasteiger partial charge in [-0.05, 0) is 18.1 Å². The molecule has 0 radical (unpaired) electrons. The smallest absolute Gasteiger partial charge is 0.245 e. The van der Waals surface area contributed by atoms with Gasteiger partial charge in [-0.1, -0.05) is 18.2 Å². The zero-order valence-corrected chi connectivity index (χ0v) is 12.3. The Morgan fingerprint density at radius 3 is 2.57 bits per heavy atom. The summed E-state index contributed by atoms with van der Waals surface area (Å²) in [6.07, 6.45) is 1.60. The first-order chi connectivity index (χ1) is 10.1. The van der Waals surface area contributed by atoms with Crippen molar-refractivity contribution < 1.29 is 9.59 Å². The molecule has 2 amide bonds. The molecule has 1 atom stereocenters. The van der Waals surface area contributed by atoms with Gasteiger partial charge in [-0.15, -0.1) is 0 Å². The molecule has 0 spiro atoms. The molecule has 1 saturated heterocycles. The third kappa shape index (κ3) is 2.86. The third-order valence-electron chi connectivity index (χ3n) is 4.32. The highest BCUT2D eigenvalue weighted by Gasteiger charge is 2.31. The molecular formula is C16H21N3O2. The summed E-state index contributed by atoms with van der Waals surface area (Å²) in [5.74, 6) is 0.243. The Labute approximate surface area is 124 Å². The van der Waals surface area contributed by atoms with E-state index in [2.05, 4.69) is 11.4 Å². The standard InChI is InChI=1S/C16H21N3O2/c1-12(20)18-7-4-8-19(10-9-18)16(21)15-11-13-5-2-3-6-14(13)17-15/h2-3,5-6,15,17H,4,7-11H2,1H3/t15-/m0/s1. The fourth-order valence-corrected chi connectivity index (χ4v) is 3.12. The zero-order valence-electron chi connectivity index (χ0n) is 12.3. The molecule has 2 aliphatic heterocycles. The summed E-state index contributed by atoms with van der Waals surface area (Å²) in [4.78, 5) is 27.8. The van der Waals surface area contributed by atoms with Crippen molar-refractivity contribution in [2.24, 2.45) is 0 Å². The second-order valence-electron chi connectivity index (χ2n) is 5.74. The van der Waals surface area contributed by atoms with E-state index >= 15 is 0 Å². The van der Waals surface area contributed by atoms with Gasteiger partial charge in [0, 0.05) is 45.2 Å². The molecule has 21 heavy (non-hydrogen) atoms. The monoisotopic (exact) mass is 287 g/mol. The van der Waals surface area contributed by atoms with Crippen LogP contribution >= 0.6 is 0 Å². The molecular weight excluding hydrogens is 266 g/mol. The molecule has 0 aromatic heterocycles. The van der Waals surface area contributed by atoms with Crippen LogP contribution in [-0.4, -0.2) is 53.8 Å². The normalized spacial score (nSPS) is 21.5. The van der Waals surface area contributed by atoms with Crippen LogP contribution in [0.25, 0.3) is 0 Å². The van der Waals surface area contributed by atoms with Crippen molar-refractivity contribution >= 4 is 17.5 Å². The topological polar surface area (TPSA) is 52.7 Å². The first kappa shape index (κ1) is 13.9. The average molecular weight is 287 g/mol. The number of amides is 2. The van der Waals surface area contributed by atoms with Crippen LogP contribution in [-0.2, 0) is 16.0 Å². The van der Waals surface area contributed by atoms with Crippen LogP contribution in [0.5, 0.6) is 0 Å². The second-order valence-corrected chi connectivity index (χ2v) is 5.74. The molecule has 1 N–H and O–H groups in total. The van der Waals surface area contributed by atoms with Crippen LogP contribution in [0.4, 0.5) is 5.69 Å². The molecule has 0 aliphatic carbocycles. The summed E-state index contributed by atoms with van der Waals surface area (Å²) in [7, 11) is 0. The molecule has 0 unspecified atom stereocenters. The van der Waals surface area contributed by atoms with E-state index in [4.69, 9.17) is 0 Å². The summed E-state index contributed by atoms with van der Waals surface area (Å²) < 4.78 is 0. The van der Waals surface area contributed by atoms with Gasteiger partial charge in [-0.3, -0.25) is 9.59 Å². The van der Waals surface area contributed by atoms with E-state index < -0.39 is 0 Å². The number of fused-ring (bicyclic) bond motifs is 1. The molecule has 2 aliphatic rings. The van der Waals surface area contributed by atoms with E-state index in [0.29, 0.717) is 13.1 Å². The minimum absolute atomic E-state index is 0.0932. The maximum absolute atomic E-state index is 12.7. The quantitative estimate of drug-likeness (QED) is 0.841. The molecule has 1 fully saturated rings. The van der Waals surface area contributed by atoms with Crippen LogP contribution in [0.3, 0.4) is 0 Å². The first-order valence-electron chi connectivity index (χ1n) is 7.54. The number of para-hydroxylation sites is 1. The van der Waals surface area contributed by atoms with Gasteiger partial charge in [-0.25, -0.2) is 0 Å². The van der Waals surface area contributed by atoms with Gasteiger partial charge in [0.05, 0.1) is 0 Å². The number of carbonyl (C=O) groups is 2. The predicted molar refractivity (Wildman–Crippen MR) is 81.0 cm³/mol. The van der Waals surface area contributed by atoms with Crippen LogP contribution in [0.1, 0.15) is 18.9 Å². The number of hydrogen-bond acceptors (Lipinski definition) is 3. The SMILES string of the molecule is CC(=O)N1CCCN(C(=O)[C@@H]2Cc3ccccc3N2)CC1. The van der Waals surface area contributed by atoms with Gasteiger partial charge >= 0.3 is 0 Å². The van der Waals surface area contributed by atoms with Gasteiger partial charge in [-0.2, -0.15) is 0 Å². The van der Waals surface area contributed by atoms with Gasteiger partial charge in [0.25, 0.3) is 0 Å². The molecule has 5 heteroatoms. The largest absolute Gasteiger partial charge is 0.373 e. The van der Waals surface area contributed by atoms with E-state index in [-0.39, 0.29) is 17.9 Å². The Hall–Kier alpha value is -2.04. The highest BCUT2D eigenvalue weighted by atomic mass is 16.2. The number of hydrogen-bond donors (Lipinski definition) is 1. The number of nitrogens with one attached hydrogen (secondary N) is 1. The highest BCUT2D eigenvalue weighted by molar-refractivity contribution is 5.87. The van der Waals surface area contributed by atoms with Crippen molar-refractivity contribution in [3.63, 3.8) is 0 Å². The summed E-state index contributed by atoms with van der Waals surface area (Å²) >= 11 is 0. The summed E-state index contributed by atoms with van der Waals surface area (Å²) in [6, 6.07) is 7.91. The number of nitrogens with zero attached hydrogens (tertiary/aromatic N) is 2. The van der Waals surface area contributed by atoms with Gasteiger partial charge < -0.3 is 15.1 Å². The van der Waals surface area contributed by atoms with Crippen LogP contribution < -0.4 is 5.32 Å². The van der Waals surface area contributed by atoms with Crippen molar-refractivity contribution in [1.82, 2.24) is 9.80 Å². The fourth-order valence-electron chi connectivity index (χ4n) is 3.12. The van der Waals surface area contributed by atoms with Gasteiger partial charge in [0.1, 0.15) is 6.04 Å². The molecule has 5 nitrogen and oxygen atoms in total. The highest BCUT2D eigenvalue weighted by Crippen LogP contribution is 2.26. The minimum atomic E-state index is -0.161. The number of anilines is 1. The molecule has 1 aromatic rings. The van der Waals surface area contributed by atoms with Crippen LogP contribution in [0.2, 0.25) is 0 Å². The van der Waals surface area contributed by atoms with E-state index in [0.717, 1.165) is 31.6 Å². The lowest BCUT2D eigenvalue weighted by atomic mass is 10.1. The molecule has 3 rings (SSSR count). The minimum Gasteiger partial charge on any atom is -0.373 e. The van der Waals surface area contributed by atoms with Crippen molar-refractivity contribution in [2.75, 3.05) is 31.5 Å². The van der Waals surface area contributed by atoms with Crippen LogP contribution in [0.15, 0.2) is 24.3 Å². The Kier molecular flexibility index (Phi) is 3.82. The molecule has 1 aromatic carbocycles. The van der Waals surface area contributed by atoms with Crippen molar-refractivity contribution in [3.8, 4) is 0 Å². The average Bonchev–Trinajstić information content (AvgIpc) is 2.75.